The normalized spacial score (nSPS) is 18.9. The van der Waals surface area contributed by atoms with E-state index in [1.165, 1.54) is 18.4 Å². The Hall–Kier alpha value is -1.64. The highest BCUT2D eigenvalue weighted by Gasteiger charge is 2.20. The van der Waals surface area contributed by atoms with Gasteiger partial charge in [0.25, 0.3) is 0 Å². The molecule has 0 aliphatic carbocycles. The van der Waals surface area contributed by atoms with Crippen molar-refractivity contribution in [2.45, 2.75) is 58.4 Å². The van der Waals surface area contributed by atoms with Crippen LogP contribution in [0, 0.1) is 0 Å². The minimum atomic E-state index is 0.188. The molecule has 0 fully saturated rings. The molecule has 1 atom stereocenters. The highest BCUT2D eigenvalue weighted by molar-refractivity contribution is 5.55. The molecule has 3 nitrogen and oxygen atoms in total. The Bertz CT molecular complexity index is 602. The zero-order chi connectivity index (χ0) is 14.3. The van der Waals surface area contributed by atoms with Crippen LogP contribution in [0.1, 0.15) is 58.0 Å². The standard InChI is InChI=1S/C17H23N3/c1-12-6-5-7-15-18-16(19-20(12)15)13-8-10-14(11-9-13)17(2,3)4/h8-12H,5-7H2,1-4H3. The summed E-state index contributed by atoms with van der Waals surface area (Å²) in [4.78, 5) is 4.72. The number of hydrogen-bond donors (Lipinski definition) is 0. The number of aryl methyl sites for hydroxylation is 1. The molecule has 1 unspecified atom stereocenters. The Labute approximate surface area is 121 Å². The summed E-state index contributed by atoms with van der Waals surface area (Å²) in [7, 11) is 0. The van der Waals surface area contributed by atoms with Crippen molar-refractivity contribution in [2.24, 2.45) is 0 Å². The molecule has 2 heterocycles. The van der Waals surface area contributed by atoms with E-state index < -0.39 is 0 Å². The van der Waals surface area contributed by atoms with Gasteiger partial charge < -0.3 is 0 Å². The second kappa shape index (κ2) is 4.72. The van der Waals surface area contributed by atoms with Crippen molar-refractivity contribution < 1.29 is 0 Å². The Kier molecular flexibility index (Phi) is 3.15. The molecule has 1 aromatic carbocycles. The fourth-order valence-corrected chi connectivity index (χ4v) is 2.80. The van der Waals surface area contributed by atoms with Crippen molar-refractivity contribution in [1.82, 2.24) is 14.8 Å². The number of fused-ring (bicyclic) bond motifs is 1. The molecule has 2 aromatic rings. The van der Waals surface area contributed by atoms with Crippen LogP contribution < -0.4 is 0 Å². The molecule has 0 amide bonds. The SMILES string of the molecule is CC1CCCc2nc(-c3ccc(C(C)(C)C)cc3)nn21. The highest BCUT2D eigenvalue weighted by Crippen LogP contribution is 2.27. The first kappa shape index (κ1) is 13.3. The quantitative estimate of drug-likeness (QED) is 0.779. The third kappa shape index (κ3) is 2.37. The summed E-state index contributed by atoms with van der Waals surface area (Å²) >= 11 is 0. The van der Waals surface area contributed by atoms with Crippen LogP contribution in [0.3, 0.4) is 0 Å². The van der Waals surface area contributed by atoms with Crippen LogP contribution in [0.4, 0.5) is 0 Å². The number of aromatic nitrogens is 3. The fourth-order valence-electron chi connectivity index (χ4n) is 2.80. The first-order valence-corrected chi connectivity index (χ1v) is 7.51. The lowest BCUT2D eigenvalue weighted by molar-refractivity contribution is 0.389. The van der Waals surface area contributed by atoms with Gasteiger partial charge >= 0.3 is 0 Å². The summed E-state index contributed by atoms with van der Waals surface area (Å²) in [6.45, 7) is 8.93. The molecular weight excluding hydrogens is 246 g/mol. The van der Waals surface area contributed by atoms with Crippen molar-refractivity contribution in [2.75, 3.05) is 0 Å². The Balaban J connectivity index is 1.94. The summed E-state index contributed by atoms with van der Waals surface area (Å²) in [6.07, 6.45) is 3.48. The maximum absolute atomic E-state index is 4.72. The van der Waals surface area contributed by atoms with Gasteiger partial charge in [0.15, 0.2) is 5.82 Å². The van der Waals surface area contributed by atoms with Crippen molar-refractivity contribution in [1.29, 1.82) is 0 Å². The van der Waals surface area contributed by atoms with Crippen molar-refractivity contribution >= 4 is 0 Å². The molecule has 106 valence electrons. The molecule has 0 saturated carbocycles. The van der Waals surface area contributed by atoms with E-state index in [-0.39, 0.29) is 5.41 Å². The van der Waals surface area contributed by atoms with E-state index in [9.17, 15) is 0 Å². The number of rotatable bonds is 1. The summed E-state index contributed by atoms with van der Waals surface area (Å²) in [6, 6.07) is 9.16. The van der Waals surface area contributed by atoms with E-state index in [1.807, 2.05) is 0 Å². The predicted octanol–water partition coefficient (Wildman–Crippen LogP) is 4.14. The van der Waals surface area contributed by atoms with Gasteiger partial charge in [-0.3, -0.25) is 0 Å². The second-order valence-corrected chi connectivity index (χ2v) is 6.86. The van der Waals surface area contributed by atoms with Gasteiger partial charge in [-0.1, -0.05) is 45.0 Å². The smallest absolute Gasteiger partial charge is 0.181 e. The molecule has 1 aromatic heterocycles. The van der Waals surface area contributed by atoms with E-state index in [1.54, 1.807) is 0 Å². The van der Waals surface area contributed by atoms with E-state index in [0.717, 1.165) is 23.6 Å². The van der Waals surface area contributed by atoms with E-state index >= 15 is 0 Å². The van der Waals surface area contributed by atoms with Gasteiger partial charge in [0.2, 0.25) is 0 Å². The molecule has 20 heavy (non-hydrogen) atoms. The molecule has 0 N–H and O–H groups in total. The second-order valence-electron chi connectivity index (χ2n) is 6.86. The summed E-state index contributed by atoms with van der Waals surface area (Å²) in [5, 5.41) is 4.70. The zero-order valence-electron chi connectivity index (χ0n) is 12.8. The van der Waals surface area contributed by atoms with Crippen LogP contribution in [0.2, 0.25) is 0 Å². The van der Waals surface area contributed by atoms with Crippen LogP contribution in [0.15, 0.2) is 24.3 Å². The van der Waals surface area contributed by atoms with E-state index in [4.69, 9.17) is 10.1 Å². The van der Waals surface area contributed by atoms with Gasteiger partial charge in [-0.15, -0.1) is 0 Å². The van der Waals surface area contributed by atoms with Gasteiger partial charge in [0, 0.05) is 12.0 Å². The molecule has 3 heteroatoms. The van der Waals surface area contributed by atoms with Crippen LogP contribution in [0.25, 0.3) is 11.4 Å². The molecule has 0 radical (unpaired) electrons. The van der Waals surface area contributed by atoms with Gasteiger partial charge in [0.05, 0.1) is 6.04 Å². The van der Waals surface area contributed by atoms with Crippen molar-refractivity contribution in [3.05, 3.63) is 35.7 Å². The summed E-state index contributed by atoms with van der Waals surface area (Å²) < 4.78 is 2.11. The first-order chi connectivity index (χ1) is 9.45. The third-order valence-electron chi connectivity index (χ3n) is 4.15. The zero-order valence-corrected chi connectivity index (χ0v) is 12.8. The first-order valence-electron chi connectivity index (χ1n) is 7.51. The van der Waals surface area contributed by atoms with Crippen LogP contribution >= 0.6 is 0 Å². The molecule has 1 aliphatic heterocycles. The molecule has 0 saturated heterocycles. The number of benzene rings is 1. The summed E-state index contributed by atoms with van der Waals surface area (Å²) in [5.74, 6) is 2.01. The molecule has 0 bridgehead atoms. The lowest BCUT2D eigenvalue weighted by Crippen LogP contribution is -2.16. The lowest BCUT2D eigenvalue weighted by atomic mass is 9.87. The van der Waals surface area contributed by atoms with Crippen molar-refractivity contribution in [3.63, 3.8) is 0 Å². The largest absolute Gasteiger partial charge is 0.247 e. The average molecular weight is 269 g/mol. The average Bonchev–Trinajstić information content (AvgIpc) is 2.83. The lowest BCUT2D eigenvalue weighted by Gasteiger charge is -2.19. The van der Waals surface area contributed by atoms with Gasteiger partial charge in [0.1, 0.15) is 5.82 Å². The topological polar surface area (TPSA) is 30.7 Å². The highest BCUT2D eigenvalue weighted by atomic mass is 15.4. The minimum Gasteiger partial charge on any atom is -0.247 e. The molecule has 3 rings (SSSR count). The van der Waals surface area contributed by atoms with Crippen LogP contribution in [0.5, 0.6) is 0 Å². The van der Waals surface area contributed by atoms with Crippen LogP contribution in [-0.2, 0) is 11.8 Å². The monoisotopic (exact) mass is 269 g/mol. The minimum absolute atomic E-state index is 0.188. The summed E-state index contributed by atoms with van der Waals surface area (Å²) in [5.41, 5.74) is 2.65. The molecule has 0 spiro atoms. The van der Waals surface area contributed by atoms with E-state index in [0.29, 0.717) is 6.04 Å². The van der Waals surface area contributed by atoms with Crippen molar-refractivity contribution in [3.8, 4) is 11.4 Å². The Morgan fingerprint density at radius 3 is 2.45 bits per heavy atom. The number of hydrogen-bond acceptors (Lipinski definition) is 2. The number of nitrogens with zero attached hydrogens (tertiary/aromatic N) is 3. The maximum Gasteiger partial charge on any atom is 0.181 e. The van der Waals surface area contributed by atoms with Gasteiger partial charge in [-0.2, -0.15) is 5.10 Å². The molecule has 1 aliphatic rings. The Morgan fingerprint density at radius 1 is 1.15 bits per heavy atom. The third-order valence-corrected chi connectivity index (χ3v) is 4.15. The van der Waals surface area contributed by atoms with E-state index in [2.05, 4.69) is 56.6 Å². The van der Waals surface area contributed by atoms with Crippen LogP contribution in [-0.4, -0.2) is 14.8 Å². The fraction of sp³-hybridized carbons (Fsp3) is 0.529. The predicted molar refractivity (Wildman–Crippen MR) is 81.8 cm³/mol. The maximum atomic E-state index is 4.72. The van der Waals surface area contributed by atoms with Gasteiger partial charge in [-0.25, -0.2) is 9.67 Å². The Morgan fingerprint density at radius 2 is 1.85 bits per heavy atom. The molecular formula is C17H23N3. The van der Waals surface area contributed by atoms with Gasteiger partial charge in [-0.05, 0) is 30.7 Å².